The highest BCUT2D eigenvalue weighted by Gasteiger charge is 2.06. The predicted octanol–water partition coefficient (Wildman–Crippen LogP) is 3.43. The van der Waals surface area contributed by atoms with Gasteiger partial charge in [-0.25, -0.2) is 0 Å². The first-order valence-corrected chi connectivity index (χ1v) is 7.34. The number of halogens is 1. The molecular weight excluding hydrogens is 332 g/mol. The number of amides is 1. The van der Waals surface area contributed by atoms with Gasteiger partial charge >= 0.3 is 0 Å². The molecule has 0 radical (unpaired) electrons. The van der Waals surface area contributed by atoms with Crippen LogP contribution in [-0.4, -0.2) is 18.1 Å². The van der Waals surface area contributed by atoms with Crippen LogP contribution in [0.15, 0.2) is 40.9 Å². The monoisotopic (exact) mass is 348 g/mol. The van der Waals surface area contributed by atoms with Crippen LogP contribution in [0.5, 0.6) is 5.75 Å². The van der Waals surface area contributed by atoms with Crippen molar-refractivity contribution >= 4 is 27.5 Å². The molecular formula is C16H17BrN2O2. The lowest BCUT2D eigenvalue weighted by molar-refractivity contribution is 0.0963. The van der Waals surface area contributed by atoms with Gasteiger partial charge in [-0.05, 0) is 58.2 Å². The number of aryl methyl sites for hydroxylation is 1. The van der Waals surface area contributed by atoms with Gasteiger partial charge in [-0.15, -0.1) is 0 Å². The number of hydrogen-bond donors (Lipinski definition) is 3. The average Bonchev–Trinajstić information content (AvgIpc) is 2.49. The minimum atomic E-state index is -0.106. The Kier molecular flexibility index (Phi) is 4.85. The lowest BCUT2D eigenvalue weighted by atomic mass is 10.1. The van der Waals surface area contributed by atoms with E-state index in [1.807, 2.05) is 31.2 Å². The minimum Gasteiger partial charge on any atom is -0.507 e. The molecule has 0 aliphatic heterocycles. The van der Waals surface area contributed by atoms with E-state index in [0.717, 1.165) is 16.8 Å². The number of carbonyl (C=O) groups is 1. The number of benzene rings is 2. The van der Waals surface area contributed by atoms with E-state index >= 15 is 0 Å². The summed E-state index contributed by atoms with van der Waals surface area (Å²) in [6, 6.07) is 10.9. The summed E-state index contributed by atoms with van der Waals surface area (Å²) in [5.74, 6) is 0.113. The number of rotatable bonds is 4. The van der Waals surface area contributed by atoms with Gasteiger partial charge in [0.25, 0.3) is 5.91 Å². The van der Waals surface area contributed by atoms with Crippen molar-refractivity contribution in [2.24, 2.45) is 0 Å². The maximum atomic E-state index is 11.7. The first-order chi connectivity index (χ1) is 10.0. The van der Waals surface area contributed by atoms with Crippen LogP contribution in [0, 0.1) is 6.92 Å². The van der Waals surface area contributed by atoms with Crippen LogP contribution in [0.1, 0.15) is 21.5 Å². The molecule has 2 aromatic carbocycles. The molecule has 0 unspecified atom stereocenters. The number of aromatic hydroxyl groups is 1. The summed E-state index contributed by atoms with van der Waals surface area (Å²) in [5.41, 5.74) is 3.64. The summed E-state index contributed by atoms with van der Waals surface area (Å²) in [7, 11) is 1.61. The van der Waals surface area contributed by atoms with Crippen molar-refractivity contribution in [2.45, 2.75) is 13.5 Å². The molecule has 0 heterocycles. The number of nitrogens with one attached hydrogen (secondary N) is 2. The standard InChI is InChI=1S/C16H17BrN2O2/c1-10-3-5-12(16(21)18-2)8-14(10)19-9-11-4-6-15(20)13(17)7-11/h3-8,19-20H,9H2,1-2H3,(H,18,21). The molecule has 3 N–H and O–H groups in total. The second-order valence-corrected chi connectivity index (χ2v) is 5.60. The largest absolute Gasteiger partial charge is 0.507 e. The van der Waals surface area contributed by atoms with E-state index in [1.165, 1.54) is 0 Å². The van der Waals surface area contributed by atoms with Crippen molar-refractivity contribution in [3.63, 3.8) is 0 Å². The van der Waals surface area contributed by atoms with Gasteiger partial charge in [0, 0.05) is 24.8 Å². The Morgan fingerprint density at radius 1 is 1.24 bits per heavy atom. The fourth-order valence-electron chi connectivity index (χ4n) is 1.96. The van der Waals surface area contributed by atoms with Crippen molar-refractivity contribution in [1.82, 2.24) is 5.32 Å². The van der Waals surface area contributed by atoms with Crippen molar-refractivity contribution in [3.05, 3.63) is 57.6 Å². The molecule has 0 aliphatic rings. The van der Waals surface area contributed by atoms with Crippen LogP contribution < -0.4 is 10.6 Å². The molecule has 0 aromatic heterocycles. The molecule has 5 heteroatoms. The summed E-state index contributed by atoms with van der Waals surface area (Å²) in [6.07, 6.45) is 0. The van der Waals surface area contributed by atoms with Crippen molar-refractivity contribution in [1.29, 1.82) is 0 Å². The van der Waals surface area contributed by atoms with Crippen molar-refractivity contribution in [2.75, 3.05) is 12.4 Å². The number of phenolic OH excluding ortho intramolecular Hbond substituents is 1. The summed E-state index contributed by atoms with van der Waals surface area (Å²) in [6.45, 7) is 2.60. The third-order valence-electron chi connectivity index (χ3n) is 3.22. The maximum Gasteiger partial charge on any atom is 0.251 e. The highest BCUT2D eigenvalue weighted by atomic mass is 79.9. The van der Waals surface area contributed by atoms with Crippen molar-refractivity contribution in [3.8, 4) is 5.75 Å². The van der Waals surface area contributed by atoms with E-state index in [0.29, 0.717) is 16.6 Å². The van der Waals surface area contributed by atoms with Gasteiger partial charge in [-0.1, -0.05) is 12.1 Å². The fourth-order valence-corrected chi connectivity index (χ4v) is 2.38. The molecule has 2 aromatic rings. The summed E-state index contributed by atoms with van der Waals surface area (Å²) in [5, 5.41) is 15.4. The van der Waals surface area contributed by atoms with E-state index in [1.54, 1.807) is 19.2 Å². The molecule has 0 bridgehead atoms. The van der Waals surface area contributed by atoms with Crippen molar-refractivity contribution < 1.29 is 9.90 Å². The van der Waals surface area contributed by atoms with E-state index in [2.05, 4.69) is 26.6 Å². The van der Waals surface area contributed by atoms with Gasteiger partial charge in [-0.2, -0.15) is 0 Å². The maximum absolute atomic E-state index is 11.7. The zero-order valence-corrected chi connectivity index (χ0v) is 13.5. The van der Waals surface area contributed by atoms with Gasteiger partial charge in [0.15, 0.2) is 0 Å². The molecule has 0 atom stereocenters. The molecule has 4 nitrogen and oxygen atoms in total. The quantitative estimate of drug-likeness (QED) is 0.793. The van der Waals surface area contributed by atoms with Gasteiger partial charge in [-0.3, -0.25) is 4.79 Å². The summed E-state index contributed by atoms with van der Waals surface area (Å²) < 4.78 is 0.664. The summed E-state index contributed by atoms with van der Waals surface area (Å²) in [4.78, 5) is 11.7. The molecule has 0 fully saturated rings. The zero-order chi connectivity index (χ0) is 15.4. The van der Waals surface area contributed by atoms with Crippen LogP contribution >= 0.6 is 15.9 Å². The van der Waals surface area contributed by atoms with E-state index in [-0.39, 0.29) is 11.7 Å². The normalized spacial score (nSPS) is 10.2. The fraction of sp³-hybridized carbons (Fsp3) is 0.188. The van der Waals surface area contributed by atoms with Crippen LogP contribution in [0.3, 0.4) is 0 Å². The van der Waals surface area contributed by atoms with E-state index in [9.17, 15) is 9.90 Å². The van der Waals surface area contributed by atoms with E-state index < -0.39 is 0 Å². The Balaban J connectivity index is 2.15. The molecule has 110 valence electrons. The van der Waals surface area contributed by atoms with E-state index in [4.69, 9.17) is 0 Å². The molecule has 0 saturated heterocycles. The third kappa shape index (κ3) is 3.76. The molecule has 2 rings (SSSR count). The Labute approximate surface area is 132 Å². The van der Waals surface area contributed by atoms with Crippen LogP contribution in [0.4, 0.5) is 5.69 Å². The number of anilines is 1. The highest BCUT2D eigenvalue weighted by molar-refractivity contribution is 9.10. The number of phenols is 1. The lowest BCUT2D eigenvalue weighted by Gasteiger charge is -2.12. The number of carbonyl (C=O) groups excluding carboxylic acids is 1. The zero-order valence-electron chi connectivity index (χ0n) is 11.9. The predicted molar refractivity (Wildman–Crippen MR) is 87.7 cm³/mol. The second-order valence-electron chi connectivity index (χ2n) is 4.75. The Bertz CT molecular complexity index is 671. The summed E-state index contributed by atoms with van der Waals surface area (Å²) >= 11 is 3.30. The lowest BCUT2D eigenvalue weighted by Crippen LogP contribution is -2.18. The first kappa shape index (κ1) is 15.4. The number of hydrogen-bond acceptors (Lipinski definition) is 3. The SMILES string of the molecule is CNC(=O)c1ccc(C)c(NCc2ccc(O)c(Br)c2)c1. The minimum absolute atomic E-state index is 0.106. The molecule has 1 amide bonds. The highest BCUT2D eigenvalue weighted by Crippen LogP contribution is 2.25. The molecule has 0 aliphatic carbocycles. The Morgan fingerprint density at radius 2 is 2.00 bits per heavy atom. The van der Waals surface area contributed by atoms with Gasteiger partial charge < -0.3 is 15.7 Å². The third-order valence-corrected chi connectivity index (χ3v) is 3.86. The van der Waals surface area contributed by atoms with Gasteiger partial charge in [0.2, 0.25) is 0 Å². The average molecular weight is 349 g/mol. The Hall–Kier alpha value is -2.01. The smallest absolute Gasteiger partial charge is 0.251 e. The molecule has 0 saturated carbocycles. The topological polar surface area (TPSA) is 61.4 Å². The Morgan fingerprint density at radius 3 is 2.67 bits per heavy atom. The van der Waals surface area contributed by atoms with Gasteiger partial charge in [0.05, 0.1) is 4.47 Å². The first-order valence-electron chi connectivity index (χ1n) is 6.55. The van der Waals surface area contributed by atoms with Gasteiger partial charge in [0.1, 0.15) is 5.75 Å². The second kappa shape index (κ2) is 6.63. The van der Waals surface area contributed by atoms with Crippen LogP contribution in [0.2, 0.25) is 0 Å². The molecule has 21 heavy (non-hydrogen) atoms. The molecule has 0 spiro atoms. The van der Waals surface area contributed by atoms with Crippen LogP contribution in [-0.2, 0) is 6.54 Å². The van der Waals surface area contributed by atoms with Crippen LogP contribution in [0.25, 0.3) is 0 Å².